The standard InChI is InChI=1S/C22H25ClN4O3S.C17H13ClN2O3S.C6H16N2/c1-3-26-13-12-25(2)24-21(26)15-4-6-16(7-5-15)27-14-17(30-22(27)29)8-9-18(28)19-10-11-20(23)31-19;1-19-11-2-4-12(5-3-11)20-10-13(23-17(20)22)6-7-14(21)15-8-9-16(18)24-15;1-4-7-5-6-8(2)3/h4-7,10-11,17H,3,8-9,12-14H2,1-2H3;2-5,8-9,13H,6-7,10H2;7H,4-6H2,1-3H3/t17-;13-;/m00./s1. The number of hydrogen-bond acceptors (Lipinski definition) is 13. The van der Waals surface area contributed by atoms with Gasteiger partial charge in [0.15, 0.2) is 23.1 Å². The Hall–Kier alpha value is -5.02. The normalized spacial score (nSPS) is 17.0. The van der Waals surface area contributed by atoms with Crippen molar-refractivity contribution in [3.63, 3.8) is 0 Å². The maximum atomic E-state index is 12.4. The van der Waals surface area contributed by atoms with Gasteiger partial charge in [0.1, 0.15) is 12.2 Å². The van der Waals surface area contributed by atoms with E-state index in [-0.39, 0.29) is 29.9 Å². The molecule has 2 aromatic heterocycles. The lowest BCUT2D eigenvalue weighted by Crippen LogP contribution is -2.42. The second-order valence-electron chi connectivity index (χ2n) is 15.1. The predicted octanol–water partition coefficient (Wildman–Crippen LogP) is 9.42. The molecule has 336 valence electrons. The summed E-state index contributed by atoms with van der Waals surface area (Å²) in [5.74, 6) is 0.967. The second kappa shape index (κ2) is 24.2. The number of nitrogens with zero attached hydrogens (tertiary/aromatic N) is 7. The fraction of sp³-hybridized carbons (Fsp3) is 0.422. The summed E-state index contributed by atoms with van der Waals surface area (Å²) in [6.45, 7) is 18.1. The Morgan fingerprint density at radius 3 is 1.75 bits per heavy atom. The Morgan fingerprint density at radius 1 is 0.810 bits per heavy atom. The third-order valence-corrected chi connectivity index (χ3v) is 12.7. The van der Waals surface area contributed by atoms with Crippen LogP contribution in [0, 0.1) is 6.57 Å². The van der Waals surface area contributed by atoms with Crippen LogP contribution < -0.4 is 15.1 Å². The largest absolute Gasteiger partial charge is 0.444 e. The maximum Gasteiger partial charge on any atom is 0.414 e. The van der Waals surface area contributed by atoms with Crippen LogP contribution in [0.2, 0.25) is 8.67 Å². The van der Waals surface area contributed by atoms with Gasteiger partial charge in [-0.25, -0.2) is 14.4 Å². The minimum atomic E-state index is -0.429. The lowest BCUT2D eigenvalue weighted by Gasteiger charge is -2.32. The predicted molar refractivity (Wildman–Crippen MR) is 254 cm³/mol. The minimum Gasteiger partial charge on any atom is -0.444 e. The van der Waals surface area contributed by atoms with E-state index in [1.54, 1.807) is 53.4 Å². The first-order chi connectivity index (χ1) is 30.3. The van der Waals surface area contributed by atoms with Gasteiger partial charge in [-0.15, -0.1) is 22.7 Å². The third kappa shape index (κ3) is 14.5. The van der Waals surface area contributed by atoms with E-state index in [9.17, 15) is 19.2 Å². The van der Waals surface area contributed by atoms with E-state index in [0.29, 0.717) is 68.6 Å². The molecule has 0 spiro atoms. The number of anilines is 2. The van der Waals surface area contributed by atoms with Gasteiger partial charge in [0.2, 0.25) is 0 Å². The monoisotopic (exact) mass is 936 g/mol. The molecular weight excluding hydrogens is 884 g/mol. The van der Waals surface area contributed by atoms with Crippen LogP contribution >= 0.6 is 45.9 Å². The second-order valence-corrected chi connectivity index (χ2v) is 18.5. The highest BCUT2D eigenvalue weighted by Gasteiger charge is 2.34. The smallest absolute Gasteiger partial charge is 0.414 e. The van der Waals surface area contributed by atoms with Crippen LogP contribution in [0.1, 0.15) is 64.4 Å². The molecule has 5 heterocycles. The van der Waals surface area contributed by atoms with Gasteiger partial charge in [-0.3, -0.25) is 24.4 Å². The molecule has 18 heteroatoms. The molecule has 7 rings (SSSR count). The molecule has 63 heavy (non-hydrogen) atoms. The Labute approximate surface area is 387 Å². The molecule has 1 N–H and O–H groups in total. The van der Waals surface area contributed by atoms with E-state index in [0.717, 1.165) is 56.4 Å². The SMILES string of the molecule is CCN1CCN(C)N=C1c1ccc(N2C[C@H](CCC(=O)c3ccc(Cl)s3)OC2=O)cc1.CCNCCN(C)C.[C-]#[N+]c1ccc(N2C[C@H](CCC(=O)c3ccc(Cl)s3)OC2=O)cc1. The quantitative estimate of drug-likeness (QED) is 0.0659. The molecule has 0 unspecified atom stereocenters. The van der Waals surface area contributed by atoms with Crippen LogP contribution in [0.15, 0.2) is 77.9 Å². The summed E-state index contributed by atoms with van der Waals surface area (Å²) in [6, 6.07) is 21.4. The number of thiophene rings is 2. The van der Waals surface area contributed by atoms with Gasteiger partial charge in [0, 0.05) is 63.0 Å². The van der Waals surface area contributed by atoms with Crippen molar-refractivity contribution in [1.29, 1.82) is 0 Å². The molecule has 3 aliphatic heterocycles. The first-order valence-electron chi connectivity index (χ1n) is 20.8. The van der Waals surface area contributed by atoms with Gasteiger partial charge in [-0.1, -0.05) is 42.3 Å². The fourth-order valence-corrected chi connectivity index (χ4v) is 8.72. The van der Waals surface area contributed by atoms with Crippen molar-refractivity contribution >= 4 is 92.5 Å². The summed E-state index contributed by atoms with van der Waals surface area (Å²) >= 11 is 14.3. The highest BCUT2D eigenvalue weighted by Crippen LogP contribution is 2.29. The lowest BCUT2D eigenvalue weighted by atomic mass is 10.1. The van der Waals surface area contributed by atoms with Crippen molar-refractivity contribution in [3.8, 4) is 0 Å². The number of carbonyl (C=O) groups excluding carboxylic acids is 4. The van der Waals surface area contributed by atoms with E-state index in [1.165, 1.54) is 27.6 Å². The molecule has 4 aromatic rings. The zero-order valence-corrected chi connectivity index (χ0v) is 39.4. The molecule has 2 fully saturated rings. The number of amidine groups is 1. The average molecular weight is 938 g/mol. The van der Waals surface area contributed by atoms with Crippen molar-refractivity contribution < 1.29 is 28.7 Å². The summed E-state index contributed by atoms with van der Waals surface area (Å²) in [5, 5.41) is 9.84. The van der Waals surface area contributed by atoms with Crippen LogP contribution in [0.25, 0.3) is 4.85 Å². The number of halogens is 2. The zero-order valence-electron chi connectivity index (χ0n) is 36.2. The fourth-order valence-electron chi connectivity index (χ4n) is 6.70. The lowest BCUT2D eigenvalue weighted by molar-refractivity contribution is 0.0939. The van der Waals surface area contributed by atoms with Crippen molar-refractivity contribution in [1.82, 2.24) is 20.1 Å². The molecule has 2 atom stereocenters. The van der Waals surface area contributed by atoms with Crippen molar-refractivity contribution in [2.45, 2.75) is 51.7 Å². The minimum absolute atomic E-state index is 0.00260. The first-order valence-corrected chi connectivity index (χ1v) is 23.2. The number of cyclic esters (lactones) is 2. The number of Topliss-reactive ketones (excluding diaryl/α,β-unsaturated/α-hetero) is 2. The number of hydrogen-bond donors (Lipinski definition) is 1. The van der Waals surface area contributed by atoms with E-state index in [4.69, 9.17) is 39.2 Å². The van der Waals surface area contributed by atoms with Gasteiger partial charge < -0.3 is 24.6 Å². The Kier molecular flexibility index (Phi) is 18.8. The highest BCUT2D eigenvalue weighted by molar-refractivity contribution is 7.18. The molecule has 0 bridgehead atoms. The molecule has 0 aliphatic carbocycles. The zero-order chi connectivity index (χ0) is 45.5. The molecule has 2 aromatic carbocycles. The number of ketones is 2. The van der Waals surface area contributed by atoms with Crippen LogP contribution in [0.4, 0.5) is 26.7 Å². The van der Waals surface area contributed by atoms with Crippen molar-refractivity contribution in [3.05, 3.63) is 108 Å². The number of hydrazone groups is 1. The highest BCUT2D eigenvalue weighted by atomic mass is 35.5. The number of rotatable bonds is 16. The van der Waals surface area contributed by atoms with Crippen molar-refractivity contribution in [2.24, 2.45) is 5.10 Å². The Morgan fingerprint density at radius 2 is 1.32 bits per heavy atom. The Balaban J connectivity index is 0.000000207. The summed E-state index contributed by atoms with van der Waals surface area (Å²) in [5.41, 5.74) is 3.00. The summed E-state index contributed by atoms with van der Waals surface area (Å²) < 4.78 is 12.0. The van der Waals surface area contributed by atoms with E-state index in [2.05, 4.69) is 53.0 Å². The maximum absolute atomic E-state index is 12.4. The number of likely N-dealkylation sites (N-methyl/N-ethyl adjacent to an activating group) is 4. The number of nitrogens with one attached hydrogen (secondary N) is 1. The van der Waals surface area contributed by atoms with Gasteiger partial charge in [0.25, 0.3) is 0 Å². The first kappa shape index (κ1) is 49.0. The third-order valence-electron chi connectivity index (χ3n) is 10.2. The molecular formula is C45H54Cl2N8O6S2. The van der Waals surface area contributed by atoms with Crippen LogP contribution in [0.3, 0.4) is 0 Å². The van der Waals surface area contributed by atoms with Gasteiger partial charge in [0.05, 0.1) is 44.6 Å². The summed E-state index contributed by atoms with van der Waals surface area (Å²) in [6.07, 6.45) is 0.147. The topological polar surface area (TPSA) is 132 Å². The molecule has 2 amide bonds. The number of amides is 2. The summed E-state index contributed by atoms with van der Waals surface area (Å²) in [4.78, 5) is 60.9. The van der Waals surface area contributed by atoms with E-state index < -0.39 is 6.09 Å². The number of carbonyl (C=O) groups is 4. The van der Waals surface area contributed by atoms with Crippen molar-refractivity contribution in [2.75, 3.05) is 83.3 Å². The molecule has 0 radical (unpaired) electrons. The average Bonchev–Trinajstić information content (AvgIpc) is 4.09. The number of benzene rings is 2. The Bertz CT molecular complexity index is 2230. The van der Waals surface area contributed by atoms with Crippen LogP contribution in [0.5, 0.6) is 0 Å². The molecule has 2 saturated heterocycles. The van der Waals surface area contributed by atoms with Gasteiger partial charge in [-0.05, 0) is 101 Å². The van der Waals surface area contributed by atoms with Crippen LogP contribution in [-0.2, 0) is 9.47 Å². The van der Waals surface area contributed by atoms with Gasteiger partial charge >= 0.3 is 12.2 Å². The van der Waals surface area contributed by atoms with E-state index >= 15 is 0 Å². The van der Waals surface area contributed by atoms with E-state index in [1.807, 2.05) is 36.3 Å². The number of ether oxygens (including phenoxy) is 2. The molecule has 0 saturated carbocycles. The van der Waals surface area contributed by atoms with Gasteiger partial charge in [-0.2, -0.15) is 5.10 Å². The summed E-state index contributed by atoms with van der Waals surface area (Å²) in [7, 11) is 6.13. The molecule has 3 aliphatic rings. The molecule has 14 nitrogen and oxygen atoms in total. The van der Waals surface area contributed by atoms with Crippen LogP contribution in [-0.4, -0.2) is 130 Å².